The lowest BCUT2D eigenvalue weighted by Crippen LogP contribution is -2.21. The number of rotatable bonds is 5. The summed E-state index contributed by atoms with van der Waals surface area (Å²) in [5.41, 5.74) is 2.04. The van der Waals surface area contributed by atoms with Crippen LogP contribution < -0.4 is 4.74 Å². The zero-order valence-electron chi connectivity index (χ0n) is 14.2. The third-order valence-electron chi connectivity index (χ3n) is 5.17. The fourth-order valence-corrected chi connectivity index (χ4v) is 3.91. The quantitative estimate of drug-likeness (QED) is 0.643. The Morgan fingerprint density at radius 1 is 1.00 bits per heavy atom. The van der Waals surface area contributed by atoms with Crippen molar-refractivity contribution in [2.75, 3.05) is 6.61 Å². The van der Waals surface area contributed by atoms with Crippen LogP contribution in [0.1, 0.15) is 31.5 Å². The molecule has 3 nitrogen and oxygen atoms in total. The smallest absolute Gasteiger partial charge is 0.119 e. The third-order valence-corrected chi connectivity index (χ3v) is 5.41. The minimum atomic E-state index is 0.672. The number of hydrogen-bond donors (Lipinski definition) is 1. The van der Waals surface area contributed by atoms with Crippen molar-refractivity contribution in [1.82, 2.24) is 9.97 Å². The molecule has 4 heteroatoms. The number of para-hydroxylation sites is 1. The number of ether oxygens (including phenoxy) is 1. The highest BCUT2D eigenvalue weighted by atomic mass is 35.5. The number of fused-ring (bicyclic) bond motifs is 1. The van der Waals surface area contributed by atoms with Gasteiger partial charge in [0.1, 0.15) is 11.6 Å². The molecule has 0 spiro atoms. The molecule has 0 unspecified atom stereocenters. The molecule has 1 N–H and O–H groups in total. The molecular weight excluding hydrogens is 332 g/mol. The number of nitrogens with zero attached hydrogens (tertiary/aromatic N) is 1. The van der Waals surface area contributed by atoms with Crippen molar-refractivity contribution in [2.45, 2.75) is 32.1 Å². The zero-order valence-corrected chi connectivity index (χ0v) is 15.0. The Morgan fingerprint density at radius 2 is 1.76 bits per heavy atom. The molecule has 4 rings (SSSR count). The molecule has 1 fully saturated rings. The van der Waals surface area contributed by atoms with Gasteiger partial charge in [0, 0.05) is 11.4 Å². The van der Waals surface area contributed by atoms with Crippen molar-refractivity contribution < 1.29 is 4.74 Å². The summed E-state index contributed by atoms with van der Waals surface area (Å²) in [6, 6.07) is 15.9. The van der Waals surface area contributed by atoms with Crippen LogP contribution in [0.15, 0.2) is 48.5 Å². The summed E-state index contributed by atoms with van der Waals surface area (Å²) in [5.74, 6) is 3.45. The molecule has 0 saturated heterocycles. The normalized spacial score (nSPS) is 20.7. The minimum absolute atomic E-state index is 0.672. The number of hydrogen-bond acceptors (Lipinski definition) is 2. The second kappa shape index (κ2) is 7.49. The molecule has 0 atom stereocenters. The van der Waals surface area contributed by atoms with Gasteiger partial charge in [-0.25, -0.2) is 4.98 Å². The summed E-state index contributed by atoms with van der Waals surface area (Å²) in [5, 5.41) is 0.752. The number of aromatic nitrogens is 2. The molecule has 1 aliphatic rings. The lowest BCUT2D eigenvalue weighted by Gasteiger charge is -2.28. The molecular formula is C21H23ClN2O. The van der Waals surface area contributed by atoms with Crippen LogP contribution in [0.3, 0.4) is 0 Å². The van der Waals surface area contributed by atoms with E-state index in [0.29, 0.717) is 11.8 Å². The Balaban J connectivity index is 1.28. The molecule has 0 bridgehead atoms. The predicted molar refractivity (Wildman–Crippen MR) is 102 cm³/mol. The van der Waals surface area contributed by atoms with Gasteiger partial charge in [-0.1, -0.05) is 29.8 Å². The maximum absolute atomic E-state index is 6.05. The van der Waals surface area contributed by atoms with E-state index in [0.717, 1.165) is 40.7 Å². The number of H-pyrrole nitrogens is 1. The van der Waals surface area contributed by atoms with E-state index in [1.54, 1.807) is 0 Å². The number of imidazole rings is 1. The van der Waals surface area contributed by atoms with E-state index in [2.05, 4.69) is 4.98 Å². The van der Waals surface area contributed by atoms with Gasteiger partial charge in [0.05, 0.1) is 17.6 Å². The van der Waals surface area contributed by atoms with Crippen LogP contribution in [0, 0.1) is 11.8 Å². The van der Waals surface area contributed by atoms with Crippen LogP contribution in [-0.4, -0.2) is 16.6 Å². The van der Waals surface area contributed by atoms with Crippen LogP contribution in [-0.2, 0) is 6.42 Å². The highest BCUT2D eigenvalue weighted by Crippen LogP contribution is 2.31. The van der Waals surface area contributed by atoms with Crippen LogP contribution in [0.25, 0.3) is 11.0 Å². The summed E-state index contributed by atoms with van der Waals surface area (Å²) in [7, 11) is 0. The second-order valence-electron chi connectivity index (χ2n) is 7.06. The van der Waals surface area contributed by atoms with E-state index < -0.39 is 0 Å². The SMILES string of the molecule is Clc1ccc2nc(CC3CCC(COc4ccccc4)CC3)[nH]c2c1. The summed E-state index contributed by atoms with van der Waals surface area (Å²) in [6.07, 6.45) is 6.01. The molecule has 0 aliphatic heterocycles. The molecule has 1 aliphatic carbocycles. The summed E-state index contributed by atoms with van der Waals surface area (Å²) in [4.78, 5) is 8.13. The zero-order chi connectivity index (χ0) is 17.1. The second-order valence-corrected chi connectivity index (χ2v) is 7.50. The van der Waals surface area contributed by atoms with Crippen molar-refractivity contribution in [1.29, 1.82) is 0 Å². The highest BCUT2D eigenvalue weighted by molar-refractivity contribution is 6.31. The number of benzene rings is 2. The standard InChI is InChI=1S/C21H23ClN2O/c22-17-10-11-19-20(13-17)24-21(23-19)12-15-6-8-16(9-7-15)14-25-18-4-2-1-3-5-18/h1-5,10-11,13,15-16H,6-9,12,14H2,(H,23,24). The van der Waals surface area contributed by atoms with Gasteiger partial charge in [0.2, 0.25) is 0 Å². The lowest BCUT2D eigenvalue weighted by atomic mass is 9.81. The Labute approximate surface area is 153 Å². The van der Waals surface area contributed by atoms with Gasteiger partial charge in [0.15, 0.2) is 0 Å². The molecule has 2 aromatic carbocycles. The first-order valence-corrected chi connectivity index (χ1v) is 9.46. The maximum Gasteiger partial charge on any atom is 0.119 e. The first-order valence-electron chi connectivity index (χ1n) is 9.08. The van der Waals surface area contributed by atoms with E-state index in [4.69, 9.17) is 21.3 Å². The van der Waals surface area contributed by atoms with Crippen LogP contribution >= 0.6 is 11.6 Å². The number of nitrogens with one attached hydrogen (secondary N) is 1. The maximum atomic E-state index is 6.05. The topological polar surface area (TPSA) is 37.9 Å². The summed E-state index contributed by atoms with van der Waals surface area (Å²) in [6.45, 7) is 0.833. The van der Waals surface area contributed by atoms with Crippen LogP contribution in [0.4, 0.5) is 0 Å². The molecule has 1 saturated carbocycles. The van der Waals surface area contributed by atoms with E-state index in [9.17, 15) is 0 Å². The van der Waals surface area contributed by atoms with E-state index in [1.165, 1.54) is 25.7 Å². The molecule has 1 heterocycles. The summed E-state index contributed by atoms with van der Waals surface area (Å²) >= 11 is 6.05. The third kappa shape index (κ3) is 4.16. The van der Waals surface area contributed by atoms with Crippen molar-refractivity contribution >= 4 is 22.6 Å². The predicted octanol–water partition coefficient (Wildman–Crippen LogP) is 5.64. The van der Waals surface area contributed by atoms with Gasteiger partial charge in [0.25, 0.3) is 0 Å². The van der Waals surface area contributed by atoms with E-state index >= 15 is 0 Å². The van der Waals surface area contributed by atoms with E-state index in [1.807, 2.05) is 48.5 Å². The molecule has 0 amide bonds. The molecule has 25 heavy (non-hydrogen) atoms. The van der Waals surface area contributed by atoms with Gasteiger partial charge in [-0.3, -0.25) is 0 Å². The number of aromatic amines is 1. The molecule has 1 aromatic heterocycles. The Bertz CT molecular complexity index is 822. The highest BCUT2D eigenvalue weighted by Gasteiger charge is 2.22. The van der Waals surface area contributed by atoms with Gasteiger partial charge in [-0.05, 0) is 67.9 Å². The largest absolute Gasteiger partial charge is 0.493 e. The fourth-order valence-electron chi connectivity index (χ4n) is 3.74. The van der Waals surface area contributed by atoms with Crippen molar-refractivity contribution in [3.63, 3.8) is 0 Å². The average Bonchev–Trinajstić information content (AvgIpc) is 3.03. The van der Waals surface area contributed by atoms with Crippen molar-refractivity contribution in [3.05, 3.63) is 59.4 Å². The Morgan fingerprint density at radius 3 is 2.56 bits per heavy atom. The van der Waals surface area contributed by atoms with Crippen LogP contribution in [0.5, 0.6) is 5.75 Å². The lowest BCUT2D eigenvalue weighted by molar-refractivity contribution is 0.182. The molecule has 0 radical (unpaired) electrons. The Kier molecular flexibility index (Phi) is 4.93. The van der Waals surface area contributed by atoms with Gasteiger partial charge >= 0.3 is 0 Å². The Hall–Kier alpha value is -2.00. The summed E-state index contributed by atoms with van der Waals surface area (Å²) < 4.78 is 5.92. The van der Waals surface area contributed by atoms with Gasteiger partial charge in [-0.15, -0.1) is 0 Å². The first kappa shape index (κ1) is 16.5. The first-order chi connectivity index (χ1) is 12.3. The van der Waals surface area contributed by atoms with Crippen LogP contribution in [0.2, 0.25) is 5.02 Å². The molecule has 3 aromatic rings. The van der Waals surface area contributed by atoms with Crippen molar-refractivity contribution in [2.24, 2.45) is 11.8 Å². The number of halogens is 1. The average molecular weight is 355 g/mol. The monoisotopic (exact) mass is 354 g/mol. The molecule has 130 valence electrons. The minimum Gasteiger partial charge on any atom is -0.493 e. The van der Waals surface area contributed by atoms with Gasteiger partial charge in [-0.2, -0.15) is 0 Å². The van der Waals surface area contributed by atoms with Crippen molar-refractivity contribution in [3.8, 4) is 5.75 Å². The van der Waals surface area contributed by atoms with E-state index in [-0.39, 0.29) is 0 Å². The van der Waals surface area contributed by atoms with Gasteiger partial charge < -0.3 is 9.72 Å². The fraction of sp³-hybridized carbons (Fsp3) is 0.381.